The molecule has 0 unspecified atom stereocenters. The van der Waals surface area contributed by atoms with Crippen LogP contribution in [0.3, 0.4) is 0 Å². The largest absolute Gasteiger partial charge is 0.378 e. The molecule has 0 N–H and O–H groups in total. The lowest BCUT2D eigenvalue weighted by molar-refractivity contribution is -0.00722. The van der Waals surface area contributed by atoms with Gasteiger partial charge in [-0.2, -0.15) is 0 Å². The minimum absolute atomic E-state index is 0.278. The zero-order valence-electron chi connectivity index (χ0n) is 10.4. The predicted octanol–water partition coefficient (Wildman–Crippen LogP) is 4.41. The van der Waals surface area contributed by atoms with Crippen molar-refractivity contribution in [2.24, 2.45) is 0 Å². The Balaban J connectivity index is 0. The van der Waals surface area contributed by atoms with Gasteiger partial charge in [-0.3, -0.25) is 0 Å². The summed E-state index contributed by atoms with van der Waals surface area (Å²) in [5, 5.41) is 0. The molecule has 0 amide bonds. The first-order chi connectivity index (χ1) is 6.33. The summed E-state index contributed by atoms with van der Waals surface area (Å²) in [6.07, 6.45) is 6.47. The van der Waals surface area contributed by atoms with Gasteiger partial charge in [-0.15, -0.1) is 0 Å². The summed E-state index contributed by atoms with van der Waals surface area (Å²) in [6, 6.07) is 0. The van der Waals surface area contributed by atoms with E-state index >= 15 is 0 Å². The van der Waals surface area contributed by atoms with Crippen LogP contribution in [0, 0.1) is 0 Å². The first-order valence-electron chi connectivity index (χ1n) is 5.88. The van der Waals surface area contributed by atoms with Crippen molar-refractivity contribution in [3.63, 3.8) is 0 Å². The second kappa shape index (κ2) is 10.0. The van der Waals surface area contributed by atoms with E-state index in [0.717, 1.165) is 0 Å². The molecule has 1 saturated carbocycles. The molecule has 1 heteroatoms. The highest BCUT2D eigenvalue weighted by Gasteiger charge is 2.31. The summed E-state index contributed by atoms with van der Waals surface area (Å²) in [6.45, 7) is 10.2. The molecule has 0 spiro atoms. The maximum absolute atomic E-state index is 5.45. The lowest BCUT2D eigenvalue weighted by Crippen LogP contribution is -2.25. The number of methoxy groups -OCH3 is 1. The van der Waals surface area contributed by atoms with Crippen LogP contribution >= 0.6 is 0 Å². The number of rotatable bonds is 2. The Bertz CT molecular complexity index is 77.1. The normalized spacial score (nSPS) is 18.0. The fourth-order valence-corrected chi connectivity index (χ4v) is 1.72. The molecule has 1 nitrogen and oxygen atoms in total. The van der Waals surface area contributed by atoms with Gasteiger partial charge in [0.05, 0.1) is 5.60 Å². The Labute approximate surface area is 84.9 Å². The van der Waals surface area contributed by atoms with Crippen LogP contribution in [0.4, 0.5) is 0 Å². The summed E-state index contributed by atoms with van der Waals surface area (Å²) in [7, 11) is 1.84. The first kappa shape index (κ1) is 15.4. The molecule has 0 aromatic carbocycles. The van der Waals surface area contributed by atoms with E-state index in [-0.39, 0.29) is 5.60 Å². The lowest BCUT2D eigenvalue weighted by Gasteiger charge is -2.25. The molecule has 0 saturated heterocycles. The topological polar surface area (TPSA) is 9.23 Å². The fraction of sp³-hybridized carbons (Fsp3) is 1.00. The fourth-order valence-electron chi connectivity index (χ4n) is 1.72. The second-order valence-corrected chi connectivity index (χ2v) is 2.95. The zero-order chi connectivity index (χ0) is 10.7. The van der Waals surface area contributed by atoms with Crippen molar-refractivity contribution in [2.75, 3.05) is 7.11 Å². The molecule has 0 radical (unpaired) electrons. The minimum atomic E-state index is 0.278. The monoisotopic (exact) mass is 188 g/mol. The van der Waals surface area contributed by atoms with Crippen LogP contribution in [-0.2, 0) is 4.74 Å². The Morgan fingerprint density at radius 1 is 1.00 bits per heavy atom. The summed E-state index contributed by atoms with van der Waals surface area (Å²) in [5.41, 5.74) is 0.278. The molecule has 1 rings (SSSR count). The third-order valence-corrected chi connectivity index (χ3v) is 2.59. The van der Waals surface area contributed by atoms with Crippen molar-refractivity contribution in [3.05, 3.63) is 0 Å². The van der Waals surface area contributed by atoms with Gasteiger partial charge < -0.3 is 4.74 Å². The molecular formula is C12H28O. The molecule has 0 aromatic heterocycles. The van der Waals surface area contributed by atoms with Gasteiger partial charge in [0.15, 0.2) is 0 Å². The third-order valence-electron chi connectivity index (χ3n) is 2.59. The maximum atomic E-state index is 5.45. The van der Waals surface area contributed by atoms with Crippen molar-refractivity contribution in [1.29, 1.82) is 0 Å². The summed E-state index contributed by atoms with van der Waals surface area (Å²) < 4.78 is 5.45. The third kappa shape index (κ3) is 5.30. The van der Waals surface area contributed by atoms with E-state index in [2.05, 4.69) is 6.92 Å². The minimum Gasteiger partial charge on any atom is -0.378 e. The summed E-state index contributed by atoms with van der Waals surface area (Å²) in [5.74, 6) is 0. The molecule has 1 fully saturated rings. The van der Waals surface area contributed by atoms with Crippen LogP contribution in [0.5, 0.6) is 0 Å². The number of hydrogen-bond donors (Lipinski definition) is 0. The first-order valence-corrected chi connectivity index (χ1v) is 5.88. The van der Waals surface area contributed by atoms with Gasteiger partial charge in [0, 0.05) is 7.11 Å². The van der Waals surface area contributed by atoms with Crippen molar-refractivity contribution >= 4 is 0 Å². The van der Waals surface area contributed by atoms with E-state index in [1.165, 1.54) is 32.1 Å². The quantitative estimate of drug-likeness (QED) is 0.624. The van der Waals surface area contributed by atoms with Crippen molar-refractivity contribution in [1.82, 2.24) is 0 Å². The average molecular weight is 188 g/mol. The smallest absolute Gasteiger partial charge is 0.0676 e. The standard InChI is InChI=1S/C8H16O.2C2H6/c1-3-8(9-2)6-4-5-7-8;2*1-2/h3-7H2,1-2H3;2*1-2H3. The van der Waals surface area contributed by atoms with Crippen molar-refractivity contribution in [3.8, 4) is 0 Å². The van der Waals surface area contributed by atoms with Gasteiger partial charge in [0.2, 0.25) is 0 Å². The van der Waals surface area contributed by atoms with Gasteiger partial charge >= 0.3 is 0 Å². The van der Waals surface area contributed by atoms with Crippen LogP contribution in [0.2, 0.25) is 0 Å². The molecule has 82 valence electrons. The van der Waals surface area contributed by atoms with Crippen LogP contribution in [0.15, 0.2) is 0 Å². The molecule has 1 aliphatic carbocycles. The van der Waals surface area contributed by atoms with Crippen LogP contribution in [0.25, 0.3) is 0 Å². The van der Waals surface area contributed by atoms with Gasteiger partial charge in [0.25, 0.3) is 0 Å². The highest BCUT2D eigenvalue weighted by atomic mass is 16.5. The summed E-state index contributed by atoms with van der Waals surface area (Å²) >= 11 is 0. The highest BCUT2D eigenvalue weighted by molar-refractivity contribution is 4.84. The SMILES string of the molecule is CC.CC.CCC1(OC)CCCC1. The maximum Gasteiger partial charge on any atom is 0.0676 e. The molecule has 1 aliphatic rings. The van der Waals surface area contributed by atoms with E-state index in [1.54, 1.807) is 0 Å². The molecule has 13 heavy (non-hydrogen) atoms. The van der Waals surface area contributed by atoms with Crippen molar-refractivity contribution < 1.29 is 4.74 Å². The van der Waals surface area contributed by atoms with E-state index < -0.39 is 0 Å². The Morgan fingerprint density at radius 3 is 1.54 bits per heavy atom. The van der Waals surface area contributed by atoms with Gasteiger partial charge in [-0.25, -0.2) is 0 Å². The Kier molecular flexibility index (Phi) is 11.9. The van der Waals surface area contributed by atoms with Gasteiger partial charge in [-0.1, -0.05) is 47.5 Å². The van der Waals surface area contributed by atoms with Gasteiger partial charge in [0.1, 0.15) is 0 Å². The molecule has 0 atom stereocenters. The second-order valence-electron chi connectivity index (χ2n) is 2.95. The van der Waals surface area contributed by atoms with Crippen LogP contribution in [-0.4, -0.2) is 12.7 Å². The number of hydrogen-bond acceptors (Lipinski definition) is 1. The van der Waals surface area contributed by atoms with Crippen molar-refractivity contribution in [2.45, 2.75) is 72.3 Å². The van der Waals surface area contributed by atoms with Crippen LogP contribution < -0.4 is 0 Å². The lowest BCUT2D eigenvalue weighted by atomic mass is 9.99. The highest BCUT2D eigenvalue weighted by Crippen LogP contribution is 2.34. The molecule has 0 bridgehead atoms. The van der Waals surface area contributed by atoms with Crippen LogP contribution in [0.1, 0.15) is 66.7 Å². The van der Waals surface area contributed by atoms with E-state index in [9.17, 15) is 0 Å². The molecule has 0 aromatic rings. The Morgan fingerprint density at radius 2 is 1.38 bits per heavy atom. The molecule has 0 aliphatic heterocycles. The average Bonchev–Trinajstić information content (AvgIpc) is 2.73. The molecular weight excluding hydrogens is 160 g/mol. The van der Waals surface area contributed by atoms with E-state index in [0.29, 0.717) is 0 Å². The Hall–Kier alpha value is -0.0400. The van der Waals surface area contributed by atoms with E-state index in [1.807, 2.05) is 34.8 Å². The van der Waals surface area contributed by atoms with Gasteiger partial charge in [-0.05, 0) is 19.3 Å². The summed E-state index contributed by atoms with van der Waals surface area (Å²) in [4.78, 5) is 0. The van der Waals surface area contributed by atoms with E-state index in [4.69, 9.17) is 4.74 Å². The number of ether oxygens (including phenoxy) is 1. The zero-order valence-corrected chi connectivity index (χ0v) is 10.4. The molecule has 0 heterocycles. The predicted molar refractivity (Wildman–Crippen MR) is 61.2 cm³/mol.